The molecule has 3 aromatic carbocycles. The molecule has 0 aliphatic rings. The van der Waals surface area contributed by atoms with E-state index in [9.17, 15) is 22.4 Å². The minimum absolute atomic E-state index is 0.0423. The van der Waals surface area contributed by atoms with Crippen molar-refractivity contribution in [2.24, 2.45) is 0 Å². The van der Waals surface area contributed by atoms with Crippen LogP contribution in [0.15, 0.2) is 59.9 Å². The molecule has 1 aromatic heterocycles. The summed E-state index contributed by atoms with van der Waals surface area (Å²) in [5.41, 5.74) is -0.267. The second-order valence-corrected chi connectivity index (χ2v) is 9.94. The molecule has 0 fully saturated rings. The van der Waals surface area contributed by atoms with Crippen LogP contribution in [-0.4, -0.2) is 27.7 Å². The Labute approximate surface area is 225 Å². The van der Waals surface area contributed by atoms with Gasteiger partial charge in [-0.15, -0.1) is 0 Å². The van der Waals surface area contributed by atoms with E-state index in [0.29, 0.717) is 22.1 Å². The van der Waals surface area contributed by atoms with Gasteiger partial charge < -0.3 is 9.84 Å². The molecule has 4 aromatic rings. The van der Waals surface area contributed by atoms with Crippen molar-refractivity contribution in [3.05, 3.63) is 112 Å². The summed E-state index contributed by atoms with van der Waals surface area (Å²) < 4.78 is 64.3. The molecule has 0 unspecified atom stereocenters. The number of ether oxygens (including phenoxy) is 1. The number of carboxylic acids is 1. The van der Waals surface area contributed by atoms with Gasteiger partial charge in [0, 0.05) is 22.8 Å². The summed E-state index contributed by atoms with van der Waals surface area (Å²) >= 11 is 0.979. The molecule has 0 spiro atoms. The van der Waals surface area contributed by atoms with E-state index in [1.54, 1.807) is 16.8 Å². The monoisotopic (exact) mass is 555 g/mol. The fourth-order valence-electron chi connectivity index (χ4n) is 4.05. The fourth-order valence-corrected chi connectivity index (χ4v) is 5.06. The lowest BCUT2D eigenvalue weighted by molar-refractivity contribution is 0.0695. The van der Waals surface area contributed by atoms with Crippen LogP contribution in [0.5, 0.6) is 5.75 Å². The Morgan fingerprint density at radius 2 is 1.72 bits per heavy atom. The van der Waals surface area contributed by atoms with Crippen LogP contribution in [0.25, 0.3) is 10.5 Å². The van der Waals surface area contributed by atoms with Crippen LogP contribution < -0.4 is 4.74 Å². The van der Waals surface area contributed by atoms with Gasteiger partial charge in [0.2, 0.25) is 5.69 Å². The Morgan fingerprint density at radius 3 is 2.33 bits per heavy atom. The number of nitrogens with zero attached hydrogens (tertiary/aromatic N) is 3. The first-order valence-electron chi connectivity index (χ1n) is 11.4. The van der Waals surface area contributed by atoms with Crippen LogP contribution in [0.2, 0.25) is 0 Å². The van der Waals surface area contributed by atoms with Gasteiger partial charge >= 0.3 is 5.97 Å². The summed E-state index contributed by atoms with van der Waals surface area (Å²) in [4.78, 5) is 18.8. The number of imidazole rings is 1. The van der Waals surface area contributed by atoms with Gasteiger partial charge in [0.15, 0.2) is 16.7 Å². The molecule has 0 aliphatic carbocycles. The number of hydrogen-bond donors (Lipinski definition) is 1. The minimum atomic E-state index is -1.46. The third-order valence-electron chi connectivity index (χ3n) is 6.28. The number of rotatable bonds is 8. The van der Waals surface area contributed by atoms with Crippen LogP contribution in [-0.2, 0) is 11.2 Å². The predicted octanol–water partition coefficient (Wildman–Crippen LogP) is 7.30. The van der Waals surface area contributed by atoms with Crippen LogP contribution in [0, 0.1) is 29.8 Å². The summed E-state index contributed by atoms with van der Waals surface area (Å²) in [7, 11) is 1.31. The molecule has 0 radical (unpaired) electrons. The largest absolute Gasteiger partial charge is 0.494 e. The first-order valence-corrected chi connectivity index (χ1v) is 12.4. The molecule has 200 valence electrons. The molecule has 39 heavy (non-hydrogen) atoms. The second-order valence-electron chi connectivity index (χ2n) is 9.00. The van der Waals surface area contributed by atoms with Gasteiger partial charge in [-0.2, -0.15) is 0 Å². The first kappa shape index (κ1) is 27.7. The van der Waals surface area contributed by atoms with Gasteiger partial charge in [-0.25, -0.2) is 32.2 Å². The van der Waals surface area contributed by atoms with E-state index in [1.165, 1.54) is 37.4 Å². The molecular formula is C28H21F4N3O3S. The van der Waals surface area contributed by atoms with E-state index >= 15 is 0 Å². The maximum Gasteiger partial charge on any atom is 0.335 e. The second kappa shape index (κ2) is 10.8. The third kappa shape index (κ3) is 5.33. The average molecular weight is 556 g/mol. The van der Waals surface area contributed by atoms with Crippen molar-refractivity contribution in [2.75, 3.05) is 7.11 Å². The molecule has 6 nitrogen and oxygen atoms in total. The Balaban J connectivity index is 1.83. The number of hydrogen-bond acceptors (Lipinski definition) is 4. The number of carboxylic acid groups (broad SMARTS) is 1. The van der Waals surface area contributed by atoms with E-state index in [-0.39, 0.29) is 22.8 Å². The molecule has 1 heterocycles. The number of thioether (sulfide) groups is 1. The zero-order valence-corrected chi connectivity index (χ0v) is 21.7. The van der Waals surface area contributed by atoms with Crippen molar-refractivity contribution < 1.29 is 32.2 Å². The van der Waals surface area contributed by atoms with E-state index in [1.807, 2.05) is 13.8 Å². The summed E-state index contributed by atoms with van der Waals surface area (Å²) in [6.45, 7) is 10.9. The van der Waals surface area contributed by atoms with Crippen LogP contribution >= 0.6 is 11.8 Å². The molecule has 0 saturated heterocycles. The maximum absolute atomic E-state index is 14.6. The molecule has 0 amide bonds. The molecule has 4 rings (SSSR count). The zero-order chi connectivity index (χ0) is 28.5. The number of aromatic nitrogens is 2. The van der Waals surface area contributed by atoms with Crippen LogP contribution in [0.1, 0.15) is 41.0 Å². The summed E-state index contributed by atoms with van der Waals surface area (Å²) in [6.07, 6.45) is 1.54. The Hall–Kier alpha value is -4.30. The van der Waals surface area contributed by atoms with Gasteiger partial charge in [0.25, 0.3) is 0 Å². The predicted molar refractivity (Wildman–Crippen MR) is 138 cm³/mol. The molecule has 0 aliphatic heterocycles. The number of methoxy groups -OCH3 is 1. The van der Waals surface area contributed by atoms with E-state index in [4.69, 9.17) is 16.4 Å². The van der Waals surface area contributed by atoms with Crippen molar-refractivity contribution in [1.82, 2.24) is 9.55 Å². The van der Waals surface area contributed by atoms with E-state index in [2.05, 4.69) is 9.83 Å². The highest BCUT2D eigenvalue weighted by atomic mass is 32.2. The summed E-state index contributed by atoms with van der Waals surface area (Å²) in [6, 6.07) is 9.82. The lowest BCUT2D eigenvalue weighted by Crippen LogP contribution is -2.23. The van der Waals surface area contributed by atoms with Gasteiger partial charge in [-0.3, -0.25) is 4.57 Å². The van der Waals surface area contributed by atoms with E-state index < -0.39 is 40.2 Å². The van der Waals surface area contributed by atoms with Gasteiger partial charge in [0.05, 0.1) is 36.8 Å². The Bertz CT molecular complexity index is 1610. The molecular weight excluding hydrogens is 534 g/mol. The SMILES string of the molecule is [C-]#[N+]c1cc(C(C)(C)c2cnc(SCc3c(F)cc(C(=O)O)cc3F)n2-c2ccc(F)c(OC)c2)ccc1F. The van der Waals surface area contributed by atoms with Gasteiger partial charge in [0.1, 0.15) is 17.5 Å². The third-order valence-corrected chi connectivity index (χ3v) is 7.26. The fraction of sp³-hybridized carbons (Fsp3) is 0.179. The normalized spacial score (nSPS) is 11.3. The molecule has 0 atom stereocenters. The Morgan fingerprint density at radius 1 is 1.05 bits per heavy atom. The zero-order valence-electron chi connectivity index (χ0n) is 20.9. The quantitative estimate of drug-likeness (QED) is 0.140. The first-order chi connectivity index (χ1) is 18.5. The highest BCUT2D eigenvalue weighted by Crippen LogP contribution is 2.39. The molecule has 1 N–H and O–H groups in total. The average Bonchev–Trinajstić information content (AvgIpc) is 3.33. The minimum Gasteiger partial charge on any atom is -0.494 e. The highest BCUT2D eigenvalue weighted by molar-refractivity contribution is 7.98. The lowest BCUT2D eigenvalue weighted by atomic mass is 9.81. The van der Waals surface area contributed by atoms with Gasteiger partial charge in [-0.1, -0.05) is 31.7 Å². The lowest BCUT2D eigenvalue weighted by Gasteiger charge is -2.28. The van der Waals surface area contributed by atoms with Crippen molar-refractivity contribution in [3.8, 4) is 11.4 Å². The number of benzene rings is 3. The van der Waals surface area contributed by atoms with Crippen molar-refractivity contribution in [3.63, 3.8) is 0 Å². The number of halogens is 4. The smallest absolute Gasteiger partial charge is 0.335 e. The van der Waals surface area contributed by atoms with Crippen molar-refractivity contribution in [2.45, 2.75) is 30.2 Å². The topological polar surface area (TPSA) is 68.7 Å². The van der Waals surface area contributed by atoms with Gasteiger partial charge in [-0.05, 0) is 42.0 Å². The molecule has 0 bridgehead atoms. The Kier molecular flexibility index (Phi) is 7.70. The number of aromatic carboxylic acids is 1. The standard InChI is InChI=1S/C28H21F4N3O3S/c1-28(2,16-5-7-19(29)23(11-16)33-3)25-13-34-27(35(25)17-6-8-20(30)24(12-17)38-4)39-14-18-21(31)9-15(26(36)37)10-22(18)32/h5-13H,14H2,1-2,4H3,(H,36,37). The van der Waals surface area contributed by atoms with Crippen LogP contribution in [0.3, 0.4) is 0 Å². The summed E-state index contributed by atoms with van der Waals surface area (Å²) in [5.74, 6) is -5.01. The molecule has 0 saturated carbocycles. The summed E-state index contributed by atoms with van der Waals surface area (Å²) in [5, 5.41) is 9.34. The number of carbonyl (C=O) groups is 1. The van der Waals surface area contributed by atoms with Crippen molar-refractivity contribution >= 4 is 23.4 Å². The molecule has 11 heteroatoms. The van der Waals surface area contributed by atoms with Crippen molar-refractivity contribution in [1.29, 1.82) is 0 Å². The maximum atomic E-state index is 14.6. The highest BCUT2D eigenvalue weighted by Gasteiger charge is 2.31. The van der Waals surface area contributed by atoms with Crippen LogP contribution in [0.4, 0.5) is 23.2 Å². The van der Waals surface area contributed by atoms with E-state index in [0.717, 1.165) is 23.9 Å².